The van der Waals surface area contributed by atoms with Gasteiger partial charge in [-0.2, -0.15) is 0 Å². The fraction of sp³-hybridized carbons (Fsp3) is 0.786. The molecule has 0 heterocycles. The van der Waals surface area contributed by atoms with Crippen LogP contribution in [0.5, 0.6) is 0 Å². The van der Waals surface area contributed by atoms with Crippen molar-refractivity contribution in [2.24, 2.45) is 5.41 Å². The second kappa shape index (κ2) is 8.49. The average Bonchev–Trinajstić information content (AvgIpc) is 2.93. The van der Waals surface area contributed by atoms with E-state index in [0.29, 0.717) is 19.4 Å². The van der Waals surface area contributed by atoms with Gasteiger partial charge in [0, 0.05) is 26.1 Å². The lowest BCUT2D eigenvalue weighted by Crippen LogP contribution is -2.45. The van der Waals surface area contributed by atoms with E-state index >= 15 is 0 Å². The minimum atomic E-state index is -0.848. The summed E-state index contributed by atoms with van der Waals surface area (Å²) in [5.74, 6) is -0.950. The molecule has 21 heavy (non-hydrogen) atoms. The van der Waals surface area contributed by atoms with Gasteiger partial charge in [0.05, 0.1) is 5.41 Å². The molecular weight excluding hydrogens is 274 g/mol. The number of carbonyl (C=O) groups is 3. The molecule has 1 aliphatic rings. The summed E-state index contributed by atoms with van der Waals surface area (Å²) in [6.45, 7) is 2.97. The van der Waals surface area contributed by atoms with Crippen molar-refractivity contribution in [1.29, 1.82) is 0 Å². The molecule has 0 radical (unpaired) electrons. The number of hydrogen-bond acceptors (Lipinski definition) is 3. The summed E-state index contributed by atoms with van der Waals surface area (Å²) in [4.78, 5) is 34.3. The van der Waals surface area contributed by atoms with E-state index in [2.05, 4.69) is 16.0 Å². The van der Waals surface area contributed by atoms with Crippen molar-refractivity contribution in [3.05, 3.63) is 0 Å². The Morgan fingerprint density at radius 1 is 1.05 bits per heavy atom. The van der Waals surface area contributed by atoms with Crippen molar-refractivity contribution in [1.82, 2.24) is 16.0 Å². The first-order chi connectivity index (χ1) is 10.00. The van der Waals surface area contributed by atoms with E-state index in [1.165, 1.54) is 0 Å². The van der Waals surface area contributed by atoms with Crippen molar-refractivity contribution >= 4 is 17.9 Å². The van der Waals surface area contributed by atoms with Crippen molar-refractivity contribution in [3.8, 4) is 0 Å². The Balaban J connectivity index is 2.22. The lowest BCUT2D eigenvalue weighted by Gasteiger charge is -2.23. The summed E-state index contributed by atoms with van der Waals surface area (Å²) in [6.07, 6.45) is 4.05. The molecule has 1 rings (SSSR count). The highest BCUT2D eigenvalue weighted by Gasteiger charge is 2.41. The smallest absolute Gasteiger partial charge is 0.314 e. The molecule has 0 aliphatic heterocycles. The first kappa shape index (κ1) is 17.3. The predicted molar refractivity (Wildman–Crippen MR) is 77.9 cm³/mol. The third-order valence-electron chi connectivity index (χ3n) is 3.81. The molecule has 0 spiro atoms. The zero-order chi connectivity index (χ0) is 15.7. The molecule has 0 unspecified atom stereocenters. The van der Waals surface area contributed by atoms with E-state index in [4.69, 9.17) is 0 Å². The van der Waals surface area contributed by atoms with E-state index in [9.17, 15) is 19.5 Å². The number of rotatable bonds is 8. The topological polar surface area (TPSA) is 108 Å². The maximum atomic E-state index is 11.6. The van der Waals surface area contributed by atoms with Crippen LogP contribution in [-0.4, -0.2) is 42.6 Å². The number of carboxylic acids is 1. The molecule has 1 fully saturated rings. The molecule has 120 valence electrons. The lowest BCUT2D eigenvalue weighted by atomic mass is 9.86. The highest BCUT2D eigenvalue weighted by molar-refractivity contribution is 5.79. The fourth-order valence-corrected chi connectivity index (χ4v) is 2.47. The van der Waals surface area contributed by atoms with Crippen LogP contribution in [0.2, 0.25) is 0 Å². The number of amides is 3. The zero-order valence-electron chi connectivity index (χ0n) is 12.5. The van der Waals surface area contributed by atoms with Gasteiger partial charge in [-0.25, -0.2) is 4.79 Å². The summed E-state index contributed by atoms with van der Waals surface area (Å²) in [5, 5.41) is 17.2. The Kier molecular flexibility index (Phi) is 6.98. The Morgan fingerprint density at radius 2 is 1.71 bits per heavy atom. The standard InChI is InChI=1S/C14H25N3O4/c1-2-8-15-11(18)5-9-16-13(21)17-10-14(12(19)20)6-3-4-7-14/h2-10H2,1H3,(H,15,18)(H,19,20)(H2,16,17,21). The number of hydrogen-bond donors (Lipinski definition) is 4. The van der Waals surface area contributed by atoms with Gasteiger partial charge in [0.1, 0.15) is 0 Å². The quantitative estimate of drug-likeness (QED) is 0.533. The number of aliphatic carboxylic acids is 1. The predicted octanol–water partition coefficient (Wildman–Crippen LogP) is 0.847. The molecular formula is C14H25N3O4. The third-order valence-corrected chi connectivity index (χ3v) is 3.81. The Labute approximate surface area is 124 Å². The van der Waals surface area contributed by atoms with E-state index in [1.54, 1.807) is 0 Å². The summed E-state index contributed by atoms with van der Waals surface area (Å²) < 4.78 is 0. The molecule has 1 saturated carbocycles. The minimum absolute atomic E-state index is 0.102. The first-order valence-electron chi connectivity index (χ1n) is 7.52. The summed E-state index contributed by atoms with van der Waals surface area (Å²) in [7, 11) is 0. The van der Waals surface area contributed by atoms with E-state index < -0.39 is 17.4 Å². The summed E-state index contributed by atoms with van der Waals surface area (Å²) in [5.41, 5.74) is -0.824. The second-order valence-electron chi connectivity index (χ2n) is 5.50. The molecule has 0 bridgehead atoms. The molecule has 3 amide bonds. The van der Waals surface area contributed by atoms with Gasteiger partial charge in [0.15, 0.2) is 0 Å². The van der Waals surface area contributed by atoms with Gasteiger partial charge in [0.25, 0.3) is 0 Å². The second-order valence-corrected chi connectivity index (χ2v) is 5.50. The van der Waals surface area contributed by atoms with Crippen molar-refractivity contribution < 1.29 is 19.5 Å². The molecule has 0 aromatic rings. The molecule has 0 saturated heterocycles. The van der Waals surface area contributed by atoms with Gasteiger partial charge < -0.3 is 21.1 Å². The van der Waals surface area contributed by atoms with Crippen molar-refractivity contribution in [2.45, 2.75) is 45.4 Å². The first-order valence-corrected chi connectivity index (χ1v) is 7.52. The monoisotopic (exact) mass is 299 g/mol. The highest BCUT2D eigenvalue weighted by atomic mass is 16.4. The Bertz CT molecular complexity index is 378. The number of urea groups is 1. The molecule has 0 aromatic carbocycles. The van der Waals surface area contributed by atoms with Crippen LogP contribution >= 0.6 is 0 Å². The molecule has 1 aliphatic carbocycles. The van der Waals surface area contributed by atoms with Crippen molar-refractivity contribution in [3.63, 3.8) is 0 Å². The van der Waals surface area contributed by atoms with E-state index in [1.807, 2.05) is 6.92 Å². The largest absolute Gasteiger partial charge is 0.481 e. The van der Waals surface area contributed by atoms with Crippen LogP contribution in [0.4, 0.5) is 4.79 Å². The maximum Gasteiger partial charge on any atom is 0.314 e. The van der Waals surface area contributed by atoms with Crippen molar-refractivity contribution in [2.75, 3.05) is 19.6 Å². The zero-order valence-corrected chi connectivity index (χ0v) is 12.5. The third kappa shape index (κ3) is 5.61. The van der Waals surface area contributed by atoms with Gasteiger partial charge in [-0.1, -0.05) is 19.8 Å². The van der Waals surface area contributed by atoms with Gasteiger partial charge in [0.2, 0.25) is 5.91 Å². The summed E-state index contributed by atoms with van der Waals surface area (Å²) in [6, 6.07) is -0.425. The molecule has 0 atom stereocenters. The Hall–Kier alpha value is -1.79. The van der Waals surface area contributed by atoms with Gasteiger partial charge in [-0.15, -0.1) is 0 Å². The van der Waals surface area contributed by atoms with Crippen LogP contribution < -0.4 is 16.0 Å². The van der Waals surface area contributed by atoms with Gasteiger partial charge >= 0.3 is 12.0 Å². The fourth-order valence-electron chi connectivity index (χ4n) is 2.47. The van der Waals surface area contributed by atoms with Crippen LogP contribution in [0.3, 0.4) is 0 Å². The maximum absolute atomic E-state index is 11.6. The summed E-state index contributed by atoms with van der Waals surface area (Å²) >= 11 is 0. The van der Waals surface area contributed by atoms with Crippen LogP contribution in [0, 0.1) is 5.41 Å². The van der Waals surface area contributed by atoms with Gasteiger partial charge in [-0.3, -0.25) is 9.59 Å². The Morgan fingerprint density at radius 3 is 2.29 bits per heavy atom. The molecule has 0 aromatic heterocycles. The van der Waals surface area contributed by atoms with Crippen LogP contribution in [0.25, 0.3) is 0 Å². The van der Waals surface area contributed by atoms with E-state index in [0.717, 1.165) is 19.3 Å². The van der Waals surface area contributed by atoms with Crippen LogP contribution in [-0.2, 0) is 9.59 Å². The number of nitrogens with one attached hydrogen (secondary N) is 3. The van der Waals surface area contributed by atoms with E-state index in [-0.39, 0.29) is 25.4 Å². The average molecular weight is 299 g/mol. The van der Waals surface area contributed by atoms with Gasteiger partial charge in [-0.05, 0) is 19.3 Å². The highest BCUT2D eigenvalue weighted by Crippen LogP contribution is 2.37. The molecule has 7 heteroatoms. The number of carboxylic acid groups (broad SMARTS) is 1. The SMILES string of the molecule is CCCNC(=O)CCNC(=O)NCC1(C(=O)O)CCCC1. The minimum Gasteiger partial charge on any atom is -0.481 e. The van der Waals surface area contributed by atoms with Crippen LogP contribution in [0.15, 0.2) is 0 Å². The lowest BCUT2D eigenvalue weighted by molar-refractivity contribution is -0.148. The normalized spacial score (nSPS) is 16.2. The molecule has 7 nitrogen and oxygen atoms in total. The van der Waals surface area contributed by atoms with Crippen LogP contribution in [0.1, 0.15) is 45.4 Å². The molecule has 4 N–H and O–H groups in total. The number of carbonyl (C=O) groups excluding carboxylic acids is 2.